The number of hydrogen-bond donors (Lipinski definition) is 1. The van der Waals surface area contributed by atoms with E-state index in [1.165, 1.54) is 11.3 Å². The Kier molecular flexibility index (Phi) is 2.87. The summed E-state index contributed by atoms with van der Waals surface area (Å²) < 4.78 is 6.22. The lowest BCUT2D eigenvalue weighted by molar-refractivity contribution is 0.0733. The zero-order chi connectivity index (χ0) is 12.7. The number of fused-ring (bicyclic) bond motifs is 1. The van der Waals surface area contributed by atoms with Gasteiger partial charge in [0.15, 0.2) is 0 Å². The third-order valence-electron chi connectivity index (χ3n) is 2.82. The Bertz CT molecular complexity index is 607. The second-order valence-electron chi connectivity index (χ2n) is 4.00. The first-order chi connectivity index (χ1) is 8.63. The molecule has 0 atom stereocenters. The molecule has 1 aliphatic heterocycles. The second-order valence-corrected chi connectivity index (χ2v) is 6.47. The minimum atomic E-state index is 0.0259. The largest absolute Gasteiger partial charge is 0.428 e. The van der Waals surface area contributed by atoms with E-state index in [0.29, 0.717) is 19.5 Å². The molecule has 18 heavy (non-hydrogen) atoms. The lowest BCUT2D eigenvalue weighted by Crippen LogP contribution is -2.35. The number of oxazole rings is 1. The quantitative estimate of drug-likeness (QED) is 0.872. The summed E-state index contributed by atoms with van der Waals surface area (Å²) in [5, 5.41) is 0. The molecule has 0 fully saturated rings. The topological polar surface area (TPSA) is 72.4 Å². The van der Waals surface area contributed by atoms with Gasteiger partial charge < -0.3 is 15.1 Å². The second kappa shape index (κ2) is 4.40. The van der Waals surface area contributed by atoms with Gasteiger partial charge in [0.2, 0.25) is 0 Å². The third-order valence-corrected chi connectivity index (χ3v) is 4.43. The molecule has 1 amide bonds. The average Bonchev–Trinajstić information content (AvgIpc) is 2.92. The van der Waals surface area contributed by atoms with E-state index in [1.54, 1.807) is 4.90 Å². The molecular formula is C11H10BrN3O2S. The molecule has 3 heterocycles. The van der Waals surface area contributed by atoms with Crippen LogP contribution in [0.4, 0.5) is 6.01 Å². The highest BCUT2D eigenvalue weighted by Gasteiger charge is 2.26. The Hall–Kier alpha value is -1.34. The Balaban J connectivity index is 1.81. The Morgan fingerprint density at radius 2 is 2.39 bits per heavy atom. The molecule has 0 saturated heterocycles. The monoisotopic (exact) mass is 327 g/mol. The first-order valence-electron chi connectivity index (χ1n) is 5.42. The Morgan fingerprint density at radius 3 is 3.11 bits per heavy atom. The minimum absolute atomic E-state index is 0.0259. The maximum Gasteiger partial charge on any atom is 0.292 e. The zero-order valence-corrected chi connectivity index (χ0v) is 11.8. The third kappa shape index (κ3) is 2.04. The maximum absolute atomic E-state index is 12.3. The van der Waals surface area contributed by atoms with Gasteiger partial charge in [-0.25, -0.2) is 0 Å². The highest BCUT2D eigenvalue weighted by atomic mass is 79.9. The molecule has 3 rings (SSSR count). The number of nitrogens with zero attached hydrogens (tertiary/aromatic N) is 2. The fraction of sp³-hybridized carbons (Fsp3) is 0.273. The van der Waals surface area contributed by atoms with Crippen LogP contribution in [-0.4, -0.2) is 22.3 Å². The molecule has 0 saturated carbocycles. The van der Waals surface area contributed by atoms with Crippen LogP contribution >= 0.6 is 27.3 Å². The molecule has 94 valence electrons. The number of nitrogen functional groups attached to an aromatic ring is 1. The van der Waals surface area contributed by atoms with E-state index in [9.17, 15) is 4.79 Å². The zero-order valence-electron chi connectivity index (χ0n) is 9.35. The number of carbonyl (C=O) groups is 1. The van der Waals surface area contributed by atoms with Crippen molar-refractivity contribution in [2.45, 2.75) is 13.0 Å². The summed E-state index contributed by atoms with van der Waals surface area (Å²) in [4.78, 5) is 18.8. The maximum atomic E-state index is 12.3. The average molecular weight is 328 g/mol. The van der Waals surface area contributed by atoms with Crippen LogP contribution in [-0.2, 0) is 13.0 Å². The fourth-order valence-corrected chi connectivity index (χ4v) is 3.33. The van der Waals surface area contributed by atoms with Crippen LogP contribution in [0.15, 0.2) is 20.3 Å². The van der Waals surface area contributed by atoms with Gasteiger partial charge in [-0.2, -0.15) is 4.98 Å². The van der Waals surface area contributed by atoms with Crippen molar-refractivity contribution in [3.05, 3.63) is 32.3 Å². The van der Waals surface area contributed by atoms with E-state index in [4.69, 9.17) is 10.2 Å². The summed E-state index contributed by atoms with van der Waals surface area (Å²) in [5.41, 5.74) is 6.28. The van der Waals surface area contributed by atoms with Crippen LogP contribution in [0, 0.1) is 0 Å². The molecule has 0 aromatic carbocycles. The molecule has 0 bridgehead atoms. The van der Waals surface area contributed by atoms with E-state index >= 15 is 0 Å². The van der Waals surface area contributed by atoms with Gasteiger partial charge in [0.25, 0.3) is 11.9 Å². The van der Waals surface area contributed by atoms with E-state index in [1.807, 2.05) is 12.1 Å². The van der Waals surface area contributed by atoms with E-state index in [-0.39, 0.29) is 11.9 Å². The molecule has 7 heteroatoms. The number of thiophene rings is 1. The van der Waals surface area contributed by atoms with Gasteiger partial charge in [0.1, 0.15) is 11.5 Å². The molecule has 0 spiro atoms. The number of amides is 1. The Labute approximate surface area is 116 Å². The summed E-state index contributed by atoms with van der Waals surface area (Å²) in [6.07, 6.45) is 0.665. The molecule has 0 aliphatic carbocycles. The molecular weight excluding hydrogens is 318 g/mol. The van der Waals surface area contributed by atoms with Gasteiger partial charge in [-0.1, -0.05) is 0 Å². The van der Waals surface area contributed by atoms with Gasteiger partial charge in [-0.3, -0.25) is 4.79 Å². The van der Waals surface area contributed by atoms with E-state index in [2.05, 4.69) is 20.9 Å². The van der Waals surface area contributed by atoms with Crippen molar-refractivity contribution < 1.29 is 9.21 Å². The normalized spacial score (nSPS) is 14.6. The SMILES string of the molecule is Nc1nc2c(o1)CCN(C(=O)c1ccc(Br)s1)C2. The summed E-state index contributed by atoms with van der Waals surface area (Å²) >= 11 is 4.79. The predicted octanol–water partition coefficient (Wildman–Crippen LogP) is 2.28. The summed E-state index contributed by atoms with van der Waals surface area (Å²) in [5.74, 6) is 0.821. The first-order valence-corrected chi connectivity index (χ1v) is 7.03. The number of carbonyl (C=O) groups excluding carboxylic acids is 1. The summed E-state index contributed by atoms with van der Waals surface area (Å²) in [7, 11) is 0. The fourth-order valence-electron chi connectivity index (χ4n) is 1.98. The lowest BCUT2D eigenvalue weighted by Gasteiger charge is -2.24. The first kappa shape index (κ1) is 11.7. The van der Waals surface area contributed by atoms with Crippen LogP contribution in [0.2, 0.25) is 0 Å². The highest BCUT2D eigenvalue weighted by Crippen LogP contribution is 2.26. The number of hydrogen-bond acceptors (Lipinski definition) is 5. The van der Waals surface area contributed by atoms with Crippen LogP contribution in [0.3, 0.4) is 0 Å². The van der Waals surface area contributed by atoms with Crippen molar-refractivity contribution in [1.29, 1.82) is 0 Å². The smallest absolute Gasteiger partial charge is 0.292 e. The number of aromatic nitrogens is 1. The molecule has 1 aliphatic rings. The standard InChI is InChI=1S/C11H10BrN3O2S/c12-9-2-1-8(18-9)10(16)15-4-3-7-6(5-15)14-11(13)17-7/h1-2H,3-5H2,(H2,13,14). The number of rotatable bonds is 1. The van der Waals surface area contributed by atoms with E-state index in [0.717, 1.165) is 20.1 Å². The molecule has 0 radical (unpaired) electrons. The van der Waals surface area contributed by atoms with Crippen LogP contribution < -0.4 is 5.73 Å². The van der Waals surface area contributed by atoms with Crippen LogP contribution in [0.25, 0.3) is 0 Å². The van der Waals surface area contributed by atoms with Gasteiger partial charge >= 0.3 is 0 Å². The van der Waals surface area contributed by atoms with Crippen molar-refractivity contribution in [2.24, 2.45) is 0 Å². The van der Waals surface area contributed by atoms with Crippen molar-refractivity contribution in [3.8, 4) is 0 Å². The predicted molar refractivity (Wildman–Crippen MR) is 71.4 cm³/mol. The van der Waals surface area contributed by atoms with Gasteiger partial charge in [-0.15, -0.1) is 11.3 Å². The molecule has 2 N–H and O–H groups in total. The van der Waals surface area contributed by atoms with Crippen molar-refractivity contribution in [3.63, 3.8) is 0 Å². The summed E-state index contributed by atoms with van der Waals surface area (Å²) in [6, 6.07) is 3.87. The lowest BCUT2D eigenvalue weighted by atomic mass is 10.1. The number of nitrogens with two attached hydrogens (primary N) is 1. The minimum Gasteiger partial charge on any atom is -0.428 e. The Morgan fingerprint density at radius 1 is 1.56 bits per heavy atom. The molecule has 2 aromatic heterocycles. The van der Waals surface area contributed by atoms with Crippen molar-refractivity contribution >= 4 is 39.2 Å². The highest BCUT2D eigenvalue weighted by molar-refractivity contribution is 9.11. The van der Waals surface area contributed by atoms with Crippen molar-refractivity contribution in [2.75, 3.05) is 12.3 Å². The van der Waals surface area contributed by atoms with Gasteiger partial charge in [0.05, 0.1) is 15.2 Å². The van der Waals surface area contributed by atoms with E-state index < -0.39 is 0 Å². The molecule has 2 aromatic rings. The van der Waals surface area contributed by atoms with Gasteiger partial charge in [0, 0.05) is 13.0 Å². The molecule has 5 nitrogen and oxygen atoms in total. The van der Waals surface area contributed by atoms with Gasteiger partial charge in [-0.05, 0) is 28.1 Å². The number of halogens is 1. The van der Waals surface area contributed by atoms with Crippen LogP contribution in [0.1, 0.15) is 21.1 Å². The van der Waals surface area contributed by atoms with Crippen LogP contribution in [0.5, 0.6) is 0 Å². The number of anilines is 1. The molecule has 0 unspecified atom stereocenters. The van der Waals surface area contributed by atoms with Crippen molar-refractivity contribution in [1.82, 2.24) is 9.88 Å². The summed E-state index contributed by atoms with van der Waals surface area (Å²) in [6.45, 7) is 1.10.